The molecular weight excluding hydrogens is 166 g/mol. The predicted molar refractivity (Wildman–Crippen MR) is 55.0 cm³/mol. The molecule has 0 aromatic heterocycles. The van der Waals surface area contributed by atoms with E-state index in [1.807, 2.05) is 6.92 Å². The van der Waals surface area contributed by atoms with Gasteiger partial charge in [0.05, 0.1) is 6.61 Å². The normalized spacial score (nSPS) is 10.3. The van der Waals surface area contributed by atoms with E-state index in [1.165, 1.54) is 0 Å². The molecule has 3 heteroatoms. The lowest BCUT2D eigenvalue weighted by Crippen LogP contribution is -2.21. The van der Waals surface area contributed by atoms with Crippen molar-refractivity contribution in [1.29, 1.82) is 0 Å². The molecule has 0 aromatic carbocycles. The Balaban J connectivity index is 2.87. The fourth-order valence-electron chi connectivity index (χ4n) is 0.854. The molecule has 0 amide bonds. The predicted octanol–water partition coefficient (Wildman–Crippen LogP) is 1.21. The Morgan fingerprint density at radius 2 is 2.08 bits per heavy atom. The van der Waals surface area contributed by atoms with Gasteiger partial charge in [-0.3, -0.25) is 0 Å². The van der Waals surface area contributed by atoms with Gasteiger partial charge in [-0.2, -0.15) is 0 Å². The molecule has 0 aliphatic carbocycles. The molecule has 0 aliphatic heterocycles. The van der Waals surface area contributed by atoms with Crippen molar-refractivity contribution in [3.8, 4) is 0 Å². The fraction of sp³-hybridized carbons (Fsp3) is 0.800. The van der Waals surface area contributed by atoms with Crippen LogP contribution in [0.3, 0.4) is 0 Å². The second-order valence-corrected chi connectivity index (χ2v) is 3.09. The van der Waals surface area contributed by atoms with Crippen LogP contribution in [0.2, 0.25) is 0 Å². The topological polar surface area (TPSA) is 30.5 Å². The highest BCUT2D eigenvalue weighted by molar-refractivity contribution is 4.90. The molecule has 13 heavy (non-hydrogen) atoms. The van der Waals surface area contributed by atoms with Crippen LogP contribution in [-0.4, -0.2) is 40.0 Å². The number of hydrogen-bond acceptors (Lipinski definition) is 3. The molecule has 0 spiro atoms. The van der Waals surface area contributed by atoms with Gasteiger partial charge in [-0.1, -0.05) is 12.2 Å². The lowest BCUT2D eigenvalue weighted by Gasteiger charge is -2.05. The maximum absolute atomic E-state index is 5.35. The fourth-order valence-corrected chi connectivity index (χ4v) is 0.854. The Kier molecular flexibility index (Phi) is 9.42. The quantitative estimate of drug-likeness (QED) is 0.434. The standard InChI is InChI=1S/C10H21NO2/c1-10(2)9-11-5-8-13-7-4-6-12-3/h11H,1,4-9H2,2-3H3. The first-order chi connectivity index (χ1) is 6.27. The summed E-state index contributed by atoms with van der Waals surface area (Å²) in [6, 6.07) is 0. The van der Waals surface area contributed by atoms with Crippen molar-refractivity contribution < 1.29 is 9.47 Å². The molecule has 0 saturated heterocycles. The maximum atomic E-state index is 5.35. The second kappa shape index (κ2) is 9.71. The molecule has 3 nitrogen and oxygen atoms in total. The van der Waals surface area contributed by atoms with Crippen LogP contribution in [0.15, 0.2) is 12.2 Å². The third-order valence-corrected chi connectivity index (χ3v) is 1.49. The zero-order valence-electron chi connectivity index (χ0n) is 8.77. The van der Waals surface area contributed by atoms with Crippen LogP contribution >= 0.6 is 0 Å². The number of nitrogens with one attached hydrogen (secondary N) is 1. The molecule has 0 heterocycles. The molecule has 0 fully saturated rings. The molecule has 78 valence electrons. The molecule has 0 saturated carbocycles. The summed E-state index contributed by atoms with van der Waals surface area (Å²) in [6.07, 6.45) is 0.969. The van der Waals surface area contributed by atoms with E-state index in [0.29, 0.717) is 0 Å². The van der Waals surface area contributed by atoms with E-state index >= 15 is 0 Å². The Morgan fingerprint density at radius 3 is 2.69 bits per heavy atom. The van der Waals surface area contributed by atoms with Crippen LogP contribution in [-0.2, 0) is 9.47 Å². The van der Waals surface area contributed by atoms with E-state index in [1.54, 1.807) is 7.11 Å². The summed E-state index contributed by atoms with van der Waals surface area (Å²) in [4.78, 5) is 0. The van der Waals surface area contributed by atoms with E-state index in [4.69, 9.17) is 9.47 Å². The summed E-state index contributed by atoms with van der Waals surface area (Å²) in [5, 5.41) is 3.22. The molecular formula is C10H21NO2. The smallest absolute Gasteiger partial charge is 0.0591 e. The summed E-state index contributed by atoms with van der Waals surface area (Å²) in [6.45, 7) is 9.88. The summed E-state index contributed by atoms with van der Waals surface area (Å²) in [5.41, 5.74) is 1.15. The van der Waals surface area contributed by atoms with Crippen molar-refractivity contribution in [1.82, 2.24) is 5.32 Å². The molecule has 0 bridgehead atoms. The second-order valence-electron chi connectivity index (χ2n) is 3.09. The van der Waals surface area contributed by atoms with Gasteiger partial charge >= 0.3 is 0 Å². The highest BCUT2D eigenvalue weighted by atomic mass is 16.5. The SMILES string of the molecule is C=C(C)CNCCOCCCOC. The van der Waals surface area contributed by atoms with E-state index in [0.717, 1.165) is 44.9 Å². The van der Waals surface area contributed by atoms with E-state index in [-0.39, 0.29) is 0 Å². The first kappa shape index (κ1) is 12.6. The highest BCUT2D eigenvalue weighted by Gasteiger charge is 1.89. The number of hydrogen-bond donors (Lipinski definition) is 1. The molecule has 0 radical (unpaired) electrons. The lowest BCUT2D eigenvalue weighted by atomic mass is 10.3. The third-order valence-electron chi connectivity index (χ3n) is 1.49. The first-order valence-corrected chi connectivity index (χ1v) is 4.69. The summed E-state index contributed by atoms with van der Waals surface area (Å²) in [7, 11) is 1.70. The summed E-state index contributed by atoms with van der Waals surface area (Å²) >= 11 is 0. The van der Waals surface area contributed by atoms with Gasteiger partial charge in [0.2, 0.25) is 0 Å². The summed E-state index contributed by atoms with van der Waals surface area (Å²) in [5.74, 6) is 0. The molecule has 0 unspecified atom stereocenters. The van der Waals surface area contributed by atoms with E-state index in [2.05, 4.69) is 11.9 Å². The van der Waals surface area contributed by atoms with Crippen molar-refractivity contribution in [3.05, 3.63) is 12.2 Å². The Labute approximate surface area is 81.1 Å². The molecule has 1 N–H and O–H groups in total. The zero-order valence-corrected chi connectivity index (χ0v) is 8.77. The van der Waals surface area contributed by atoms with Crippen LogP contribution < -0.4 is 5.32 Å². The first-order valence-electron chi connectivity index (χ1n) is 4.69. The third kappa shape index (κ3) is 11.6. The Bertz CT molecular complexity index is 126. The largest absolute Gasteiger partial charge is 0.385 e. The minimum atomic E-state index is 0.761. The Morgan fingerprint density at radius 1 is 1.31 bits per heavy atom. The number of rotatable bonds is 9. The van der Waals surface area contributed by atoms with Crippen LogP contribution in [0.5, 0.6) is 0 Å². The molecule has 0 aromatic rings. The van der Waals surface area contributed by atoms with Gasteiger partial charge in [-0.05, 0) is 13.3 Å². The van der Waals surface area contributed by atoms with Crippen molar-refractivity contribution >= 4 is 0 Å². The van der Waals surface area contributed by atoms with Crippen LogP contribution in [0.1, 0.15) is 13.3 Å². The van der Waals surface area contributed by atoms with Crippen LogP contribution in [0.25, 0.3) is 0 Å². The van der Waals surface area contributed by atoms with Gasteiger partial charge in [0.15, 0.2) is 0 Å². The highest BCUT2D eigenvalue weighted by Crippen LogP contribution is 1.84. The van der Waals surface area contributed by atoms with Gasteiger partial charge in [0.25, 0.3) is 0 Å². The van der Waals surface area contributed by atoms with Crippen LogP contribution in [0, 0.1) is 0 Å². The average Bonchev–Trinajstić information content (AvgIpc) is 2.09. The summed E-state index contributed by atoms with van der Waals surface area (Å²) < 4.78 is 10.2. The van der Waals surface area contributed by atoms with Gasteiger partial charge in [-0.25, -0.2) is 0 Å². The van der Waals surface area contributed by atoms with Crippen molar-refractivity contribution in [2.45, 2.75) is 13.3 Å². The van der Waals surface area contributed by atoms with Gasteiger partial charge in [0, 0.05) is 33.4 Å². The Hall–Kier alpha value is -0.380. The molecule has 0 atom stereocenters. The minimum Gasteiger partial charge on any atom is -0.385 e. The number of methoxy groups -OCH3 is 1. The monoisotopic (exact) mass is 187 g/mol. The van der Waals surface area contributed by atoms with Gasteiger partial charge < -0.3 is 14.8 Å². The molecule has 0 aliphatic rings. The van der Waals surface area contributed by atoms with Crippen LogP contribution in [0.4, 0.5) is 0 Å². The van der Waals surface area contributed by atoms with E-state index < -0.39 is 0 Å². The van der Waals surface area contributed by atoms with Crippen molar-refractivity contribution in [3.63, 3.8) is 0 Å². The average molecular weight is 187 g/mol. The maximum Gasteiger partial charge on any atom is 0.0591 e. The lowest BCUT2D eigenvalue weighted by molar-refractivity contribution is 0.105. The number of ether oxygens (including phenoxy) is 2. The zero-order chi connectivity index (χ0) is 9.94. The molecule has 0 rings (SSSR count). The van der Waals surface area contributed by atoms with Crippen molar-refractivity contribution in [2.75, 3.05) is 40.0 Å². The van der Waals surface area contributed by atoms with E-state index in [9.17, 15) is 0 Å². The van der Waals surface area contributed by atoms with Gasteiger partial charge in [-0.15, -0.1) is 0 Å². The van der Waals surface area contributed by atoms with Crippen molar-refractivity contribution in [2.24, 2.45) is 0 Å². The minimum absolute atomic E-state index is 0.761. The van der Waals surface area contributed by atoms with Gasteiger partial charge in [0.1, 0.15) is 0 Å².